The fourth-order valence-corrected chi connectivity index (χ4v) is 2.08. The van der Waals surface area contributed by atoms with E-state index in [1.165, 1.54) is 6.92 Å². The van der Waals surface area contributed by atoms with Gasteiger partial charge in [-0.2, -0.15) is 4.72 Å². The van der Waals surface area contributed by atoms with Gasteiger partial charge in [0.25, 0.3) is 0 Å². The van der Waals surface area contributed by atoms with E-state index in [9.17, 15) is 18.0 Å². The van der Waals surface area contributed by atoms with E-state index in [4.69, 9.17) is 5.11 Å². The molecule has 0 fully saturated rings. The van der Waals surface area contributed by atoms with Crippen LogP contribution in [0, 0.1) is 0 Å². The Labute approximate surface area is 91.2 Å². The molecule has 3 N–H and O–H groups in total. The third-order valence-electron chi connectivity index (χ3n) is 1.77. The van der Waals surface area contributed by atoms with Gasteiger partial charge in [0.1, 0.15) is 6.04 Å². The molecule has 16 heavy (non-hydrogen) atoms. The molecule has 0 aliphatic rings. The zero-order valence-corrected chi connectivity index (χ0v) is 9.11. The molecule has 0 radical (unpaired) electrons. The van der Waals surface area contributed by atoms with Crippen molar-refractivity contribution in [2.75, 3.05) is 0 Å². The van der Waals surface area contributed by atoms with Crippen LogP contribution in [-0.2, 0) is 14.8 Å². The van der Waals surface area contributed by atoms with E-state index in [-0.39, 0.29) is 4.90 Å². The molecule has 7 nitrogen and oxygen atoms in total. The van der Waals surface area contributed by atoms with Crippen molar-refractivity contribution in [3.63, 3.8) is 0 Å². The first-order valence-electron chi connectivity index (χ1n) is 4.27. The fraction of sp³-hybridized carbons (Fsp3) is 0.250. The first-order valence-corrected chi connectivity index (χ1v) is 5.75. The number of aromatic amines is 1. The monoisotopic (exact) mass is 246 g/mol. The summed E-state index contributed by atoms with van der Waals surface area (Å²) < 4.78 is 25.1. The fourth-order valence-electron chi connectivity index (χ4n) is 0.915. The predicted octanol–water partition coefficient (Wildman–Crippen LogP) is -0.874. The summed E-state index contributed by atoms with van der Waals surface area (Å²) in [5.41, 5.74) is -0.440. The van der Waals surface area contributed by atoms with Gasteiger partial charge in [0.15, 0.2) is 0 Å². The third-order valence-corrected chi connectivity index (χ3v) is 3.31. The van der Waals surface area contributed by atoms with E-state index in [1.54, 1.807) is 0 Å². The molecule has 88 valence electrons. The number of sulfonamides is 1. The van der Waals surface area contributed by atoms with Crippen LogP contribution in [0.25, 0.3) is 0 Å². The highest BCUT2D eigenvalue weighted by molar-refractivity contribution is 7.89. The molecule has 0 bridgehead atoms. The minimum Gasteiger partial charge on any atom is -0.480 e. The standard InChI is InChI=1S/C8H10N2O5S/c1-5(8(12)13)10-16(14,15)6-2-3-7(11)9-4-6/h2-5,10H,1H3,(H,9,11)(H,12,13). The SMILES string of the molecule is CC(NS(=O)(=O)c1ccc(=O)[nH]c1)C(=O)O. The van der Waals surface area contributed by atoms with Crippen molar-refractivity contribution in [1.29, 1.82) is 0 Å². The minimum atomic E-state index is -3.92. The molecule has 8 heteroatoms. The zero-order chi connectivity index (χ0) is 12.3. The van der Waals surface area contributed by atoms with Gasteiger partial charge in [-0.1, -0.05) is 0 Å². The maximum atomic E-state index is 11.6. The molecule has 1 aromatic heterocycles. The van der Waals surface area contributed by atoms with Crippen LogP contribution in [-0.4, -0.2) is 30.5 Å². The number of carboxylic acid groups (broad SMARTS) is 1. The van der Waals surface area contributed by atoms with Gasteiger partial charge in [-0.25, -0.2) is 8.42 Å². The number of pyridine rings is 1. The molecule has 1 heterocycles. The van der Waals surface area contributed by atoms with Gasteiger partial charge in [0.2, 0.25) is 15.6 Å². The van der Waals surface area contributed by atoms with Crippen LogP contribution in [0.4, 0.5) is 0 Å². The Bertz CT molecular complexity index is 527. The highest BCUT2D eigenvalue weighted by Crippen LogP contribution is 2.04. The van der Waals surface area contributed by atoms with E-state index in [1.807, 2.05) is 4.72 Å². The second-order valence-corrected chi connectivity index (χ2v) is 4.78. The predicted molar refractivity (Wildman–Crippen MR) is 54.5 cm³/mol. The van der Waals surface area contributed by atoms with Crippen molar-refractivity contribution in [1.82, 2.24) is 9.71 Å². The number of aromatic nitrogens is 1. The number of nitrogens with one attached hydrogen (secondary N) is 2. The smallest absolute Gasteiger partial charge is 0.321 e. The van der Waals surface area contributed by atoms with Crippen LogP contribution in [0.15, 0.2) is 28.0 Å². The summed E-state index contributed by atoms with van der Waals surface area (Å²) in [5.74, 6) is -1.28. The summed E-state index contributed by atoms with van der Waals surface area (Å²) in [5, 5.41) is 8.55. The molecule has 1 aromatic rings. The highest BCUT2D eigenvalue weighted by atomic mass is 32.2. The molecular weight excluding hydrogens is 236 g/mol. The molecule has 0 amide bonds. The van der Waals surface area contributed by atoms with E-state index in [0.717, 1.165) is 18.3 Å². The molecule has 1 unspecified atom stereocenters. The van der Waals surface area contributed by atoms with Gasteiger partial charge in [-0.15, -0.1) is 0 Å². The Kier molecular flexibility index (Phi) is 3.45. The van der Waals surface area contributed by atoms with Gasteiger partial charge >= 0.3 is 5.97 Å². The third kappa shape index (κ3) is 2.91. The Morgan fingerprint density at radius 2 is 2.12 bits per heavy atom. The van der Waals surface area contributed by atoms with Crippen LogP contribution >= 0.6 is 0 Å². The highest BCUT2D eigenvalue weighted by Gasteiger charge is 2.21. The lowest BCUT2D eigenvalue weighted by molar-refractivity contribution is -0.138. The molecule has 0 aliphatic carbocycles. The molecule has 0 saturated carbocycles. The average molecular weight is 246 g/mol. The number of aliphatic carboxylic acids is 1. The van der Waals surface area contributed by atoms with Gasteiger partial charge in [0, 0.05) is 12.3 Å². The van der Waals surface area contributed by atoms with Crippen molar-refractivity contribution in [2.45, 2.75) is 17.9 Å². The quantitative estimate of drug-likeness (QED) is 0.638. The lowest BCUT2D eigenvalue weighted by atomic mass is 10.4. The summed E-state index contributed by atoms with van der Waals surface area (Å²) in [4.78, 5) is 23.2. The Hall–Kier alpha value is -1.67. The number of hydrogen-bond donors (Lipinski definition) is 3. The van der Waals surface area contributed by atoms with Gasteiger partial charge in [0.05, 0.1) is 4.90 Å². The minimum absolute atomic E-state index is 0.194. The van der Waals surface area contributed by atoms with Crippen LogP contribution < -0.4 is 10.3 Å². The van der Waals surface area contributed by atoms with Gasteiger partial charge in [-0.05, 0) is 13.0 Å². The summed E-state index contributed by atoms with van der Waals surface area (Å²) in [6, 6.07) is 0.896. The summed E-state index contributed by atoms with van der Waals surface area (Å²) >= 11 is 0. The maximum Gasteiger partial charge on any atom is 0.321 e. The Morgan fingerprint density at radius 3 is 2.56 bits per heavy atom. The number of hydrogen-bond acceptors (Lipinski definition) is 4. The molecule has 0 aromatic carbocycles. The van der Waals surface area contributed by atoms with Gasteiger partial charge in [-0.3, -0.25) is 9.59 Å². The van der Waals surface area contributed by atoms with Crippen molar-refractivity contribution in [3.8, 4) is 0 Å². The molecule has 1 atom stereocenters. The lowest BCUT2D eigenvalue weighted by Crippen LogP contribution is -2.38. The van der Waals surface area contributed by atoms with Crippen molar-refractivity contribution < 1.29 is 18.3 Å². The van der Waals surface area contributed by atoms with E-state index in [0.29, 0.717) is 0 Å². The first kappa shape index (κ1) is 12.4. The van der Waals surface area contributed by atoms with Crippen LogP contribution in [0.1, 0.15) is 6.92 Å². The lowest BCUT2D eigenvalue weighted by Gasteiger charge is -2.09. The second-order valence-electron chi connectivity index (χ2n) is 3.07. The summed E-state index contributed by atoms with van der Waals surface area (Å²) in [6.45, 7) is 1.20. The van der Waals surface area contributed by atoms with Crippen molar-refractivity contribution >= 4 is 16.0 Å². The van der Waals surface area contributed by atoms with E-state index < -0.39 is 27.6 Å². The molecule has 0 spiro atoms. The van der Waals surface area contributed by atoms with E-state index >= 15 is 0 Å². The summed E-state index contributed by atoms with van der Waals surface area (Å²) in [6.07, 6.45) is 0.999. The molecular formula is C8H10N2O5S. The molecule has 0 saturated heterocycles. The second kappa shape index (κ2) is 4.45. The number of H-pyrrole nitrogens is 1. The summed E-state index contributed by atoms with van der Waals surface area (Å²) in [7, 11) is -3.92. The number of carboxylic acids is 1. The van der Waals surface area contributed by atoms with E-state index in [2.05, 4.69) is 4.98 Å². The first-order chi connectivity index (χ1) is 7.33. The van der Waals surface area contributed by atoms with Crippen LogP contribution in [0.2, 0.25) is 0 Å². The number of rotatable bonds is 4. The van der Waals surface area contributed by atoms with Crippen molar-refractivity contribution in [3.05, 3.63) is 28.7 Å². The molecule has 0 aliphatic heterocycles. The average Bonchev–Trinajstić information content (AvgIpc) is 2.17. The largest absolute Gasteiger partial charge is 0.480 e. The van der Waals surface area contributed by atoms with Gasteiger partial charge < -0.3 is 10.1 Å². The normalized spacial score (nSPS) is 13.3. The maximum absolute atomic E-state index is 11.6. The Balaban J connectivity index is 2.99. The van der Waals surface area contributed by atoms with Crippen LogP contribution in [0.5, 0.6) is 0 Å². The molecule has 1 rings (SSSR count). The Morgan fingerprint density at radius 1 is 1.50 bits per heavy atom. The van der Waals surface area contributed by atoms with Crippen molar-refractivity contribution in [2.24, 2.45) is 0 Å². The zero-order valence-electron chi connectivity index (χ0n) is 8.30. The number of carbonyl (C=O) groups is 1. The van der Waals surface area contributed by atoms with Crippen LogP contribution in [0.3, 0.4) is 0 Å². The topological polar surface area (TPSA) is 116 Å².